The average Bonchev–Trinajstić information content (AvgIpc) is 3.40. The van der Waals surface area contributed by atoms with Gasteiger partial charge < -0.3 is 14.4 Å². The van der Waals surface area contributed by atoms with E-state index in [1.807, 2.05) is 34.7 Å². The lowest BCUT2D eigenvalue weighted by molar-refractivity contribution is 0.0598. The highest BCUT2D eigenvalue weighted by molar-refractivity contribution is 5.97. The van der Waals surface area contributed by atoms with Crippen molar-refractivity contribution in [3.63, 3.8) is 0 Å². The minimum atomic E-state index is -0.534. The van der Waals surface area contributed by atoms with Gasteiger partial charge in [0.1, 0.15) is 5.65 Å². The van der Waals surface area contributed by atoms with Crippen LogP contribution in [-0.2, 0) is 9.47 Å². The van der Waals surface area contributed by atoms with Crippen LogP contribution >= 0.6 is 0 Å². The summed E-state index contributed by atoms with van der Waals surface area (Å²) in [5.41, 5.74) is 2.50. The average molecular weight is 423 g/mol. The number of carbonyl (C=O) groups excluding carboxylic acids is 2. The van der Waals surface area contributed by atoms with Gasteiger partial charge in [-0.1, -0.05) is 0 Å². The quantitative estimate of drug-likeness (QED) is 0.654. The van der Waals surface area contributed by atoms with Gasteiger partial charge in [-0.25, -0.2) is 9.78 Å². The Morgan fingerprint density at radius 3 is 2.87 bits per heavy atom. The van der Waals surface area contributed by atoms with Gasteiger partial charge in [0, 0.05) is 37.5 Å². The number of rotatable bonds is 6. The first-order valence-corrected chi connectivity index (χ1v) is 10.4. The molecule has 1 aliphatic heterocycles. The zero-order chi connectivity index (χ0) is 21.8. The molecular weight excluding hydrogens is 398 g/mol. The molecule has 3 aromatic rings. The molecule has 4 heterocycles. The third kappa shape index (κ3) is 4.51. The SMILES string of the molecule is CCOC(=O)Nc1cncc(-n2ccc3cc(C(=O)N4CC[C@H](OCC)C4)cnc32)c1. The zero-order valence-electron chi connectivity index (χ0n) is 17.6. The lowest BCUT2D eigenvalue weighted by Gasteiger charge is -2.16. The van der Waals surface area contributed by atoms with Crippen molar-refractivity contribution in [2.45, 2.75) is 26.4 Å². The van der Waals surface area contributed by atoms with E-state index in [1.54, 1.807) is 31.6 Å². The van der Waals surface area contributed by atoms with E-state index in [2.05, 4.69) is 15.3 Å². The highest BCUT2D eigenvalue weighted by Gasteiger charge is 2.27. The van der Waals surface area contributed by atoms with E-state index in [0.29, 0.717) is 36.6 Å². The number of nitrogens with one attached hydrogen (secondary N) is 1. The Morgan fingerprint density at radius 2 is 2.06 bits per heavy atom. The molecule has 9 nitrogen and oxygen atoms in total. The Labute approximate surface area is 180 Å². The number of aromatic nitrogens is 3. The first-order chi connectivity index (χ1) is 15.1. The topological polar surface area (TPSA) is 98.6 Å². The Kier molecular flexibility index (Phi) is 6.13. The molecule has 1 N–H and O–H groups in total. The van der Waals surface area contributed by atoms with Gasteiger partial charge in [0.05, 0.1) is 42.0 Å². The van der Waals surface area contributed by atoms with E-state index in [1.165, 1.54) is 0 Å². The van der Waals surface area contributed by atoms with Gasteiger partial charge in [-0.05, 0) is 38.5 Å². The van der Waals surface area contributed by atoms with Crippen LogP contribution in [0.25, 0.3) is 16.7 Å². The minimum absolute atomic E-state index is 0.0355. The fraction of sp³-hybridized carbons (Fsp3) is 0.364. The van der Waals surface area contributed by atoms with Crippen LogP contribution in [0.4, 0.5) is 10.5 Å². The van der Waals surface area contributed by atoms with Crippen molar-refractivity contribution in [2.75, 3.05) is 31.6 Å². The maximum Gasteiger partial charge on any atom is 0.411 e. The van der Waals surface area contributed by atoms with Crippen LogP contribution in [0.5, 0.6) is 0 Å². The van der Waals surface area contributed by atoms with E-state index in [0.717, 1.165) is 17.5 Å². The first-order valence-electron chi connectivity index (χ1n) is 10.4. The second-order valence-corrected chi connectivity index (χ2v) is 7.22. The number of hydrogen-bond donors (Lipinski definition) is 1. The van der Waals surface area contributed by atoms with E-state index >= 15 is 0 Å². The normalized spacial score (nSPS) is 15.9. The highest BCUT2D eigenvalue weighted by atomic mass is 16.5. The maximum atomic E-state index is 12.9. The fourth-order valence-corrected chi connectivity index (χ4v) is 3.73. The summed E-state index contributed by atoms with van der Waals surface area (Å²) in [5, 5.41) is 3.49. The first kappa shape index (κ1) is 20.8. The third-order valence-corrected chi connectivity index (χ3v) is 5.13. The summed E-state index contributed by atoms with van der Waals surface area (Å²) in [5.74, 6) is -0.0355. The molecule has 31 heavy (non-hydrogen) atoms. The van der Waals surface area contributed by atoms with Crippen molar-refractivity contribution < 1.29 is 19.1 Å². The predicted molar refractivity (Wildman–Crippen MR) is 115 cm³/mol. The molecule has 0 spiro atoms. The van der Waals surface area contributed by atoms with Gasteiger partial charge in [-0.15, -0.1) is 0 Å². The van der Waals surface area contributed by atoms with Crippen LogP contribution in [0, 0.1) is 0 Å². The van der Waals surface area contributed by atoms with Crippen LogP contribution in [0.2, 0.25) is 0 Å². The van der Waals surface area contributed by atoms with Crippen molar-refractivity contribution in [3.8, 4) is 5.69 Å². The van der Waals surface area contributed by atoms with Gasteiger partial charge in [0.2, 0.25) is 0 Å². The number of nitrogens with zero attached hydrogens (tertiary/aromatic N) is 4. The van der Waals surface area contributed by atoms with E-state index < -0.39 is 6.09 Å². The fourth-order valence-electron chi connectivity index (χ4n) is 3.73. The number of likely N-dealkylation sites (tertiary alicyclic amines) is 1. The summed E-state index contributed by atoms with van der Waals surface area (Å²) in [6.45, 7) is 5.94. The monoisotopic (exact) mass is 423 g/mol. The standard InChI is InChI=1S/C22H25N5O4/c1-3-30-19-6-7-26(14-19)21(28)16-9-15-5-8-27(20(15)24-11-16)18-10-17(12-23-13-18)25-22(29)31-4-2/h5,8-13,19H,3-4,6-7,14H2,1-2H3,(H,25,29)/t19-/m0/s1. The predicted octanol–water partition coefficient (Wildman–Crippen LogP) is 3.24. The molecule has 0 bridgehead atoms. The zero-order valence-corrected chi connectivity index (χ0v) is 17.6. The van der Waals surface area contributed by atoms with Gasteiger partial charge in [-0.2, -0.15) is 0 Å². The number of ether oxygens (including phenoxy) is 2. The summed E-state index contributed by atoms with van der Waals surface area (Å²) < 4.78 is 12.4. The number of carbonyl (C=O) groups is 2. The molecule has 1 atom stereocenters. The minimum Gasteiger partial charge on any atom is -0.450 e. The van der Waals surface area contributed by atoms with Gasteiger partial charge >= 0.3 is 6.09 Å². The summed E-state index contributed by atoms with van der Waals surface area (Å²) in [7, 11) is 0. The second-order valence-electron chi connectivity index (χ2n) is 7.22. The van der Waals surface area contributed by atoms with E-state index in [9.17, 15) is 9.59 Å². The summed E-state index contributed by atoms with van der Waals surface area (Å²) in [6.07, 6.45) is 7.11. The Balaban J connectivity index is 1.54. The van der Waals surface area contributed by atoms with E-state index in [4.69, 9.17) is 9.47 Å². The van der Waals surface area contributed by atoms with E-state index in [-0.39, 0.29) is 18.6 Å². The Hall–Kier alpha value is -3.46. The molecule has 0 saturated carbocycles. The Morgan fingerprint density at radius 1 is 1.19 bits per heavy atom. The van der Waals surface area contributed by atoms with Crippen molar-refractivity contribution >= 4 is 28.7 Å². The van der Waals surface area contributed by atoms with Gasteiger partial charge in [0.15, 0.2) is 0 Å². The summed E-state index contributed by atoms with van der Waals surface area (Å²) in [4.78, 5) is 35.1. The van der Waals surface area contributed by atoms with Crippen LogP contribution in [0.15, 0.2) is 43.0 Å². The molecule has 1 fully saturated rings. The lowest BCUT2D eigenvalue weighted by atomic mass is 10.2. The van der Waals surface area contributed by atoms with Crippen molar-refractivity contribution in [1.82, 2.24) is 19.4 Å². The number of amides is 2. The van der Waals surface area contributed by atoms with Crippen LogP contribution in [-0.4, -0.2) is 63.8 Å². The smallest absolute Gasteiger partial charge is 0.411 e. The molecule has 1 aliphatic rings. The Bertz CT molecular complexity index is 1100. The molecule has 0 unspecified atom stereocenters. The molecule has 3 aromatic heterocycles. The molecule has 9 heteroatoms. The van der Waals surface area contributed by atoms with Crippen LogP contribution in [0.1, 0.15) is 30.6 Å². The van der Waals surface area contributed by atoms with Crippen molar-refractivity contribution in [2.24, 2.45) is 0 Å². The maximum absolute atomic E-state index is 12.9. The highest BCUT2D eigenvalue weighted by Crippen LogP contribution is 2.23. The molecular formula is C22H25N5O4. The summed E-state index contributed by atoms with van der Waals surface area (Å²) in [6, 6.07) is 5.53. The molecule has 1 saturated heterocycles. The molecule has 0 radical (unpaired) electrons. The molecule has 4 rings (SSSR count). The number of hydrogen-bond acceptors (Lipinski definition) is 6. The molecule has 2 amide bonds. The van der Waals surface area contributed by atoms with Gasteiger partial charge in [0.25, 0.3) is 5.91 Å². The van der Waals surface area contributed by atoms with Crippen molar-refractivity contribution in [1.29, 1.82) is 0 Å². The molecule has 0 aliphatic carbocycles. The number of pyridine rings is 2. The molecule has 162 valence electrons. The third-order valence-electron chi connectivity index (χ3n) is 5.13. The second kappa shape index (κ2) is 9.13. The lowest BCUT2D eigenvalue weighted by Crippen LogP contribution is -2.30. The number of anilines is 1. The molecule has 0 aromatic carbocycles. The van der Waals surface area contributed by atoms with Crippen LogP contribution in [0.3, 0.4) is 0 Å². The largest absolute Gasteiger partial charge is 0.450 e. The number of fused-ring (bicyclic) bond motifs is 1. The van der Waals surface area contributed by atoms with Crippen molar-refractivity contribution in [3.05, 3.63) is 48.5 Å². The van der Waals surface area contributed by atoms with Crippen LogP contribution < -0.4 is 5.32 Å². The van der Waals surface area contributed by atoms with Gasteiger partial charge in [-0.3, -0.25) is 19.7 Å². The summed E-state index contributed by atoms with van der Waals surface area (Å²) >= 11 is 0.